The van der Waals surface area contributed by atoms with Gasteiger partial charge in [0.05, 0.1) is 11.4 Å². The molecule has 0 bridgehead atoms. The van der Waals surface area contributed by atoms with Crippen LogP contribution in [0.2, 0.25) is 0 Å². The molecule has 1 heterocycles. The van der Waals surface area contributed by atoms with Crippen molar-refractivity contribution in [3.63, 3.8) is 0 Å². The molecule has 0 spiro atoms. The van der Waals surface area contributed by atoms with Crippen LogP contribution in [0, 0.1) is 6.92 Å². The number of benzene rings is 1. The Hall–Kier alpha value is -2.01. The van der Waals surface area contributed by atoms with Gasteiger partial charge in [-0.1, -0.05) is 23.4 Å². The number of rotatable bonds is 5. The van der Waals surface area contributed by atoms with E-state index in [4.69, 9.17) is 4.52 Å². The lowest BCUT2D eigenvalue weighted by Crippen LogP contribution is -2.11. The minimum atomic E-state index is -0.299. The molecule has 0 aliphatic heterocycles. The van der Waals surface area contributed by atoms with E-state index in [1.807, 2.05) is 30.3 Å². The normalized spacial score (nSPS) is 10.2. The van der Waals surface area contributed by atoms with E-state index in [1.165, 1.54) is 0 Å². The van der Waals surface area contributed by atoms with Crippen LogP contribution in [0.4, 0.5) is 5.69 Å². The van der Waals surface area contributed by atoms with Crippen LogP contribution in [0.5, 0.6) is 0 Å². The molecular weight excluding hydrogens is 260 g/mol. The number of aryl methyl sites for hydroxylation is 1. The highest BCUT2D eigenvalue weighted by Crippen LogP contribution is 2.27. The number of nitrogens with one attached hydrogen (secondary N) is 1. The van der Waals surface area contributed by atoms with E-state index >= 15 is 0 Å². The molecule has 4 nitrogen and oxygen atoms in total. The molecule has 0 atom stereocenters. The lowest BCUT2D eigenvalue weighted by molar-refractivity contribution is 0.0987. The molecule has 5 heteroatoms. The fourth-order valence-corrected chi connectivity index (χ4v) is 2.25. The number of hydrogen-bond acceptors (Lipinski definition) is 4. The highest BCUT2D eigenvalue weighted by molar-refractivity contribution is 7.99. The Labute approximate surface area is 115 Å². The molecule has 1 aromatic heterocycles. The zero-order valence-electron chi connectivity index (χ0n) is 10.6. The van der Waals surface area contributed by atoms with Crippen LogP contribution >= 0.6 is 11.8 Å². The minimum absolute atomic E-state index is 0.209. The largest absolute Gasteiger partial charge is 0.351 e. The predicted molar refractivity (Wildman–Crippen MR) is 76.6 cm³/mol. The molecule has 2 aromatic rings. The first-order valence-corrected chi connectivity index (χ1v) is 6.76. The molecule has 19 heavy (non-hydrogen) atoms. The summed E-state index contributed by atoms with van der Waals surface area (Å²) in [5.41, 5.74) is 1.44. The second-order valence-corrected chi connectivity index (χ2v) is 4.94. The van der Waals surface area contributed by atoms with Crippen molar-refractivity contribution in [2.75, 3.05) is 11.1 Å². The van der Waals surface area contributed by atoms with Crippen molar-refractivity contribution in [2.24, 2.45) is 0 Å². The number of thioether (sulfide) groups is 1. The summed E-state index contributed by atoms with van der Waals surface area (Å²) in [6.45, 7) is 5.46. The van der Waals surface area contributed by atoms with Crippen molar-refractivity contribution in [1.82, 2.24) is 5.16 Å². The van der Waals surface area contributed by atoms with Crippen LogP contribution in [-0.4, -0.2) is 16.8 Å². The van der Waals surface area contributed by atoms with Gasteiger partial charge in [-0.15, -0.1) is 18.3 Å². The lowest BCUT2D eigenvalue weighted by Gasteiger charge is -2.08. The quantitative estimate of drug-likeness (QED) is 0.669. The number of amides is 1. The molecule has 0 aliphatic carbocycles. The van der Waals surface area contributed by atoms with Crippen molar-refractivity contribution < 1.29 is 9.32 Å². The summed E-state index contributed by atoms with van der Waals surface area (Å²) in [4.78, 5) is 13.0. The molecule has 0 unspecified atom stereocenters. The third kappa shape index (κ3) is 3.48. The van der Waals surface area contributed by atoms with E-state index in [9.17, 15) is 4.79 Å². The Morgan fingerprint density at radius 1 is 1.53 bits per heavy atom. The predicted octanol–water partition coefficient (Wildman–Crippen LogP) is 3.51. The molecule has 0 fully saturated rings. The van der Waals surface area contributed by atoms with Crippen LogP contribution < -0.4 is 5.32 Å². The van der Waals surface area contributed by atoms with Gasteiger partial charge in [0.2, 0.25) is 5.76 Å². The van der Waals surface area contributed by atoms with Gasteiger partial charge < -0.3 is 9.84 Å². The van der Waals surface area contributed by atoms with Gasteiger partial charge >= 0.3 is 0 Å². The highest BCUT2D eigenvalue weighted by atomic mass is 32.2. The Bertz CT molecular complexity index is 593. The molecule has 0 saturated carbocycles. The lowest BCUT2D eigenvalue weighted by atomic mass is 10.3. The van der Waals surface area contributed by atoms with Gasteiger partial charge in [-0.05, 0) is 19.1 Å². The van der Waals surface area contributed by atoms with Crippen molar-refractivity contribution in [2.45, 2.75) is 11.8 Å². The fourth-order valence-electron chi connectivity index (χ4n) is 1.50. The van der Waals surface area contributed by atoms with Crippen LogP contribution in [-0.2, 0) is 0 Å². The number of anilines is 1. The maximum absolute atomic E-state index is 12.0. The second-order valence-electron chi connectivity index (χ2n) is 3.88. The van der Waals surface area contributed by atoms with Gasteiger partial charge in [-0.3, -0.25) is 4.79 Å². The van der Waals surface area contributed by atoms with Crippen LogP contribution in [0.3, 0.4) is 0 Å². The van der Waals surface area contributed by atoms with Gasteiger partial charge in [-0.2, -0.15) is 0 Å². The van der Waals surface area contributed by atoms with Gasteiger partial charge in [0.1, 0.15) is 0 Å². The Balaban J connectivity index is 2.14. The highest BCUT2D eigenvalue weighted by Gasteiger charge is 2.13. The summed E-state index contributed by atoms with van der Waals surface area (Å²) in [7, 11) is 0. The molecule has 1 N–H and O–H groups in total. The number of para-hydroxylation sites is 1. The van der Waals surface area contributed by atoms with Crippen LogP contribution in [0.25, 0.3) is 0 Å². The number of hydrogen-bond donors (Lipinski definition) is 1. The second kappa shape index (κ2) is 6.24. The number of carbonyl (C=O) groups excluding carboxylic acids is 1. The van der Waals surface area contributed by atoms with Crippen molar-refractivity contribution >= 4 is 23.4 Å². The van der Waals surface area contributed by atoms with E-state index in [2.05, 4.69) is 17.1 Å². The van der Waals surface area contributed by atoms with Crippen molar-refractivity contribution in [1.29, 1.82) is 0 Å². The summed E-state index contributed by atoms with van der Waals surface area (Å²) >= 11 is 1.61. The van der Waals surface area contributed by atoms with Crippen molar-refractivity contribution in [3.8, 4) is 0 Å². The van der Waals surface area contributed by atoms with Gasteiger partial charge in [0, 0.05) is 16.7 Å². The minimum Gasteiger partial charge on any atom is -0.351 e. The standard InChI is InChI=1S/C14H14N2O2S/c1-3-8-19-13-7-5-4-6-11(13)15-14(17)12-9-10(2)16-18-12/h3-7,9H,1,8H2,2H3,(H,15,17). The molecule has 1 aromatic carbocycles. The zero-order chi connectivity index (χ0) is 13.7. The molecule has 1 amide bonds. The van der Waals surface area contributed by atoms with E-state index < -0.39 is 0 Å². The Morgan fingerprint density at radius 3 is 3.00 bits per heavy atom. The average Bonchev–Trinajstić information content (AvgIpc) is 2.84. The maximum Gasteiger partial charge on any atom is 0.294 e. The van der Waals surface area contributed by atoms with Gasteiger partial charge in [0.25, 0.3) is 5.91 Å². The maximum atomic E-state index is 12.0. The van der Waals surface area contributed by atoms with Gasteiger partial charge in [0.15, 0.2) is 0 Å². The fraction of sp³-hybridized carbons (Fsp3) is 0.143. The van der Waals surface area contributed by atoms with E-state index in [0.717, 1.165) is 16.3 Å². The van der Waals surface area contributed by atoms with Crippen LogP contribution in [0.1, 0.15) is 16.2 Å². The first kappa shape index (κ1) is 13.4. The molecule has 0 aliphatic rings. The number of carbonyl (C=O) groups is 1. The SMILES string of the molecule is C=CCSc1ccccc1NC(=O)c1cc(C)no1. The molecule has 0 radical (unpaired) electrons. The molecular formula is C14H14N2O2S. The summed E-state index contributed by atoms with van der Waals surface area (Å²) in [5, 5.41) is 6.52. The smallest absolute Gasteiger partial charge is 0.294 e. The first-order valence-electron chi connectivity index (χ1n) is 5.78. The summed E-state index contributed by atoms with van der Waals surface area (Å²) in [6, 6.07) is 9.22. The van der Waals surface area contributed by atoms with E-state index in [0.29, 0.717) is 5.69 Å². The number of nitrogens with zero attached hydrogens (tertiary/aromatic N) is 1. The molecule has 2 rings (SSSR count). The van der Waals surface area contributed by atoms with E-state index in [-0.39, 0.29) is 11.7 Å². The average molecular weight is 274 g/mol. The monoisotopic (exact) mass is 274 g/mol. The Kier molecular flexibility index (Phi) is 4.41. The number of aromatic nitrogens is 1. The third-order valence-corrected chi connectivity index (χ3v) is 3.41. The summed E-state index contributed by atoms with van der Waals surface area (Å²) < 4.78 is 4.93. The molecule has 98 valence electrons. The topological polar surface area (TPSA) is 55.1 Å². The summed E-state index contributed by atoms with van der Waals surface area (Å²) in [6.07, 6.45) is 1.82. The molecule has 0 saturated heterocycles. The van der Waals surface area contributed by atoms with Crippen LogP contribution in [0.15, 0.2) is 52.4 Å². The van der Waals surface area contributed by atoms with Gasteiger partial charge in [-0.25, -0.2) is 0 Å². The zero-order valence-corrected chi connectivity index (χ0v) is 11.4. The first-order chi connectivity index (χ1) is 9.20. The van der Waals surface area contributed by atoms with E-state index in [1.54, 1.807) is 24.8 Å². The Morgan fingerprint density at radius 2 is 2.32 bits per heavy atom. The third-order valence-electron chi connectivity index (χ3n) is 2.34. The summed E-state index contributed by atoms with van der Waals surface area (Å²) in [5.74, 6) is 0.696. The van der Waals surface area contributed by atoms with Crippen molar-refractivity contribution in [3.05, 3.63) is 54.4 Å².